The van der Waals surface area contributed by atoms with Crippen LogP contribution >= 0.6 is 0 Å². The first kappa shape index (κ1) is 32.0. The predicted molar refractivity (Wildman–Crippen MR) is 120 cm³/mol. The van der Waals surface area contributed by atoms with Gasteiger partial charge in [0.25, 0.3) is 0 Å². The van der Waals surface area contributed by atoms with Gasteiger partial charge in [-0.2, -0.15) is 0 Å². The highest BCUT2D eigenvalue weighted by Gasteiger charge is 2.50. The van der Waals surface area contributed by atoms with Crippen LogP contribution in [0.2, 0.25) is 6.04 Å². The molecule has 33 heavy (non-hydrogen) atoms. The number of ether oxygens (including phenoxy) is 2. The molecule has 0 saturated heterocycles. The van der Waals surface area contributed by atoms with E-state index in [-0.39, 0.29) is 12.2 Å². The first-order valence-corrected chi connectivity index (χ1v) is 15.0. The van der Waals surface area contributed by atoms with Gasteiger partial charge in [0, 0.05) is 48.2 Å². The molecule has 0 bridgehead atoms. The van der Waals surface area contributed by atoms with Crippen molar-refractivity contribution in [3.63, 3.8) is 0 Å². The van der Waals surface area contributed by atoms with E-state index in [1.54, 1.807) is 0 Å². The first-order valence-electron chi connectivity index (χ1n) is 9.91. The molecule has 0 heterocycles. The fourth-order valence-corrected chi connectivity index (χ4v) is 7.69. The van der Waals surface area contributed by atoms with E-state index in [1.165, 1.54) is 49.6 Å². The smallest absolute Gasteiger partial charge is 0.464 e. The van der Waals surface area contributed by atoms with Gasteiger partial charge in [-0.3, -0.25) is 0 Å². The summed E-state index contributed by atoms with van der Waals surface area (Å²) in [5.41, 5.74) is 0.157. The molecular weight excluding hydrogens is 496 g/mol. The van der Waals surface area contributed by atoms with Crippen LogP contribution in [-0.2, 0) is 54.5 Å². The van der Waals surface area contributed by atoms with Crippen LogP contribution in [0, 0.1) is 0 Å². The zero-order valence-corrected chi connectivity index (χ0v) is 23.7. The summed E-state index contributed by atoms with van der Waals surface area (Å²) in [6, 6.07) is 0.599. The summed E-state index contributed by atoms with van der Waals surface area (Å²) in [5, 5.41) is 9.72. The minimum Gasteiger partial charge on any atom is -0.464 e. The normalized spacial score (nSPS) is 13.5. The highest BCUT2D eigenvalue weighted by Crippen LogP contribution is 2.18. The van der Waals surface area contributed by atoms with Crippen molar-refractivity contribution in [1.82, 2.24) is 0 Å². The molecule has 0 aromatic heterocycles. The van der Waals surface area contributed by atoms with Gasteiger partial charge in [0.15, 0.2) is 6.10 Å². The Morgan fingerprint density at radius 1 is 0.879 bits per heavy atom. The van der Waals surface area contributed by atoms with Gasteiger partial charge in [-0.15, -0.1) is 0 Å². The van der Waals surface area contributed by atoms with Gasteiger partial charge in [0.1, 0.15) is 12.5 Å². The van der Waals surface area contributed by atoms with E-state index < -0.39 is 58.2 Å². The molecular formula is C17H36O13Si3. The Kier molecular flexibility index (Phi) is 16.1. The molecule has 0 aromatic carbocycles. The van der Waals surface area contributed by atoms with Crippen LogP contribution in [-0.4, -0.2) is 113 Å². The van der Waals surface area contributed by atoms with Crippen LogP contribution in [0.25, 0.3) is 0 Å². The minimum atomic E-state index is -3.45. The van der Waals surface area contributed by atoms with E-state index in [1.807, 2.05) is 0 Å². The summed E-state index contributed by atoms with van der Waals surface area (Å²) in [5.74, 6) is -2.42. The zero-order valence-electron chi connectivity index (χ0n) is 20.2. The lowest BCUT2D eigenvalue weighted by Gasteiger charge is -2.32. The Hall–Kier alpha value is -1.03. The molecule has 1 atom stereocenters. The highest BCUT2D eigenvalue weighted by molar-refractivity contribution is 6.56. The molecule has 0 aliphatic carbocycles. The molecule has 1 N–H and O–H groups in total. The molecule has 0 saturated carbocycles. The number of rotatable bonds is 19. The lowest BCUT2D eigenvalue weighted by Crippen LogP contribution is -2.56. The SMILES string of the molecule is C=C(C)C(=O)OCC(O)C(=O)OCCC[SiH2]C(O[Si](OC)(OC)OC)O[Si](OC)(OC)OC. The first-order chi connectivity index (χ1) is 15.6. The second-order valence-electron chi connectivity index (χ2n) is 6.45. The maximum absolute atomic E-state index is 11.8. The van der Waals surface area contributed by atoms with Crippen molar-refractivity contribution >= 4 is 39.6 Å². The van der Waals surface area contributed by atoms with E-state index in [9.17, 15) is 14.7 Å². The Bertz CT molecular complexity index is 560. The van der Waals surface area contributed by atoms with Crippen LogP contribution in [0.15, 0.2) is 12.2 Å². The number of carbonyl (C=O) groups excluding carboxylic acids is 2. The van der Waals surface area contributed by atoms with Gasteiger partial charge >= 0.3 is 30.0 Å². The third kappa shape index (κ3) is 11.3. The average molecular weight is 533 g/mol. The largest absolute Gasteiger partial charge is 0.680 e. The molecule has 0 fully saturated rings. The standard InChI is InChI=1S/C17H36O13Si3/c1-13(2)15(19)28-12-14(18)16(20)27-10-9-11-31-17(29-32(21-3,22-4)23-5)30-33(24-6,25-7)26-8/h14,17-18H,1,9-12,31H2,2-8H3. The average Bonchev–Trinajstić information content (AvgIpc) is 2.83. The summed E-state index contributed by atoms with van der Waals surface area (Å²) >= 11 is 0. The van der Waals surface area contributed by atoms with E-state index in [0.717, 1.165) is 0 Å². The lowest BCUT2D eigenvalue weighted by atomic mass is 10.3. The summed E-state index contributed by atoms with van der Waals surface area (Å²) < 4.78 is 53.3. The molecule has 1 unspecified atom stereocenters. The Morgan fingerprint density at radius 3 is 1.73 bits per heavy atom. The number of carbonyl (C=O) groups is 2. The van der Waals surface area contributed by atoms with Crippen molar-refractivity contribution in [2.45, 2.75) is 31.4 Å². The minimum absolute atomic E-state index is 0.0346. The van der Waals surface area contributed by atoms with Crippen molar-refractivity contribution in [3.8, 4) is 0 Å². The maximum Gasteiger partial charge on any atom is 0.680 e. The monoisotopic (exact) mass is 532 g/mol. The third-order valence-electron chi connectivity index (χ3n) is 4.12. The topological polar surface area (TPSA) is 147 Å². The van der Waals surface area contributed by atoms with Crippen molar-refractivity contribution in [3.05, 3.63) is 12.2 Å². The Labute approximate surface area is 198 Å². The molecule has 13 nitrogen and oxygen atoms in total. The second kappa shape index (κ2) is 16.6. The maximum atomic E-state index is 11.8. The molecule has 0 amide bonds. The fourth-order valence-electron chi connectivity index (χ4n) is 2.28. The van der Waals surface area contributed by atoms with Gasteiger partial charge in [-0.05, 0) is 13.3 Å². The molecule has 0 aliphatic heterocycles. The van der Waals surface area contributed by atoms with E-state index >= 15 is 0 Å². The molecule has 0 aliphatic rings. The van der Waals surface area contributed by atoms with Crippen LogP contribution in [0.3, 0.4) is 0 Å². The zero-order chi connectivity index (χ0) is 25.5. The van der Waals surface area contributed by atoms with Gasteiger partial charge in [-0.1, -0.05) is 12.6 Å². The molecule has 0 spiro atoms. The van der Waals surface area contributed by atoms with Gasteiger partial charge in [0.2, 0.25) is 0 Å². The van der Waals surface area contributed by atoms with Crippen LogP contribution < -0.4 is 0 Å². The van der Waals surface area contributed by atoms with Crippen LogP contribution in [0.4, 0.5) is 0 Å². The van der Waals surface area contributed by atoms with Gasteiger partial charge < -0.3 is 50.0 Å². The molecule has 0 radical (unpaired) electrons. The van der Waals surface area contributed by atoms with Crippen molar-refractivity contribution < 1.29 is 59.6 Å². The third-order valence-corrected chi connectivity index (χ3v) is 10.6. The lowest BCUT2D eigenvalue weighted by molar-refractivity contribution is -0.159. The predicted octanol–water partition coefficient (Wildman–Crippen LogP) is -0.947. The summed E-state index contributed by atoms with van der Waals surface area (Å²) in [6.45, 7) is 4.38. The molecule has 0 aromatic rings. The highest BCUT2D eigenvalue weighted by atomic mass is 28.4. The van der Waals surface area contributed by atoms with Crippen molar-refractivity contribution in [2.24, 2.45) is 0 Å². The van der Waals surface area contributed by atoms with Crippen molar-refractivity contribution in [1.29, 1.82) is 0 Å². The van der Waals surface area contributed by atoms with Crippen LogP contribution in [0.5, 0.6) is 0 Å². The molecule has 16 heteroatoms. The number of hydrogen-bond donors (Lipinski definition) is 1. The number of aliphatic hydroxyl groups excluding tert-OH is 1. The fraction of sp³-hybridized carbons (Fsp3) is 0.765. The summed E-state index contributed by atoms with van der Waals surface area (Å²) in [7, 11) is 0.290. The Morgan fingerprint density at radius 2 is 1.33 bits per heavy atom. The van der Waals surface area contributed by atoms with E-state index in [4.69, 9.17) is 44.9 Å². The van der Waals surface area contributed by atoms with Crippen LogP contribution in [0.1, 0.15) is 13.3 Å². The Balaban J connectivity index is 4.79. The van der Waals surface area contributed by atoms with E-state index in [2.05, 4.69) is 6.58 Å². The summed E-state index contributed by atoms with van der Waals surface area (Å²) in [6.07, 6.45) is -1.12. The number of esters is 2. The molecule has 0 rings (SSSR count). The number of aliphatic hydroxyl groups is 1. The van der Waals surface area contributed by atoms with Gasteiger partial charge in [-0.25, -0.2) is 9.59 Å². The summed E-state index contributed by atoms with van der Waals surface area (Å²) in [4.78, 5) is 23.1. The second-order valence-corrected chi connectivity index (χ2v) is 13.3. The van der Waals surface area contributed by atoms with Crippen molar-refractivity contribution in [2.75, 3.05) is 55.9 Å². The quantitative estimate of drug-likeness (QED) is 0.0718. The number of hydrogen-bond acceptors (Lipinski definition) is 13. The molecule has 194 valence electrons. The van der Waals surface area contributed by atoms with E-state index in [0.29, 0.717) is 12.5 Å². The van der Waals surface area contributed by atoms with Gasteiger partial charge in [0.05, 0.1) is 16.1 Å².